The zero-order valence-electron chi connectivity index (χ0n) is 15.0. The molecule has 1 saturated heterocycles. The van der Waals surface area contributed by atoms with Crippen molar-refractivity contribution in [1.29, 1.82) is 0 Å². The first kappa shape index (κ1) is 18.8. The average molecular weight is 388 g/mol. The molecule has 140 valence electrons. The zero-order valence-corrected chi connectivity index (χ0v) is 15.8. The van der Waals surface area contributed by atoms with Crippen LogP contribution in [0.5, 0.6) is 11.5 Å². The molecule has 1 aliphatic rings. The predicted molar refractivity (Wildman–Crippen MR) is 101 cm³/mol. The van der Waals surface area contributed by atoms with Crippen LogP contribution < -0.4 is 10.1 Å². The van der Waals surface area contributed by atoms with E-state index in [-0.39, 0.29) is 5.57 Å². The zero-order chi connectivity index (χ0) is 19.6. The Labute approximate surface area is 161 Å². The van der Waals surface area contributed by atoms with Crippen molar-refractivity contribution in [3.63, 3.8) is 0 Å². The van der Waals surface area contributed by atoms with E-state index >= 15 is 0 Å². The number of esters is 2. The molecule has 0 aromatic heterocycles. The van der Waals surface area contributed by atoms with E-state index in [0.717, 1.165) is 5.56 Å². The van der Waals surface area contributed by atoms with Crippen LogP contribution in [-0.2, 0) is 19.1 Å². The molecule has 27 heavy (non-hydrogen) atoms. The molecule has 0 unspecified atom stereocenters. The van der Waals surface area contributed by atoms with Gasteiger partial charge in [-0.1, -0.05) is 35.4 Å². The van der Waals surface area contributed by atoms with Crippen molar-refractivity contribution >= 4 is 29.2 Å². The Kier molecular flexibility index (Phi) is 5.10. The summed E-state index contributed by atoms with van der Waals surface area (Å²) in [7, 11) is 0. The average Bonchev–Trinajstić information content (AvgIpc) is 2.57. The lowest BCUT2D eigenvalue weighted by molar-refractivity contribution is -0.222. The van der Waals surface area contributed by atoms with Crippen molar-refractivity contribution in [2.45, 2.75) is 26.6 Å². The Morgan fingerprint density at radius 2 is 1.67 bits per heavy atom. The summed E-state index contributed by atoms with van der Waals surface area (Å²) in [5.41, 5.74) is 1.32. The lowest BCUT2D eigenvalue weighted by atomic mass is 10.2. The number of anilines is 1. The normalized spacial score (nSPS) is 15.6. The van der Waals surface area contributed by atoms with Crippen molar-refractivity contribution in [2.24, 2.45) is 0 Å². The smallest absolute Gasteiger partial charge is 0.350 e. The van der Waals surface area contributed by atoms with Crippen molar-refractivity contribution < 1.29 is 23.8 Å². The number of carbonyl (C=O) groups excluding carboxylic acids is 2. The van der Waals surface area contributed by atoms with Crippen LogP contribution >= 0.6 is 11.6 Å². The SMILES string of the molecule is Cc1ccc(Oc2c(Cl)cccc2NC=C2C(=O)OC(C)(C)OC2=O)cc1. The molecule has 3 rings (SSSR count). The molecule has 6 nitrogen and oxygen atoms in total. The van der Waals surface area contributed by atoms with Crippen LogP contribution in [0.4, 0.5) is 5.69 Å². The molecule has 1 aliphatic heterocycles. The number of halogens is 1. The van der Waals surface area contributed by atoms with E-state index in [1.165, 1.54) is 20.0 Å². The Balaban J connectivity index is 1.85. The number of cyclic esters (lactones) is 2. The summed E-state index contributed by atoms with van der Waals surface area (Å²) in [6.07, 6.45) is 1.22. The summed E-state index contributed by atoms with van der Waals surface area (Å²) in [5, 5.41) is 3.24. The largest absolute Gasteiger partial charge is 0.454 e. The van der Waals surface area contributed by atoms with Crippen molar-refractivity contribution in [1.82, 2.24) is 0 Å². The van der Waals surface area contributed by atoms with Crippen LogP contribution in [0.25, 0.3) is 0 Å². The van der Waals surface area contributed by atoms with Crippen molar-refractivity contribution in [3.05, 3.63) is 64.8 Å². The first-order valence-electron chi connectivity index (χ1n) is 8.21. The third kappa shape index (κ3) is 4.41. The second-order valence-corrected chi connectivity index (χ2v) is 6.82. The van der Waals surface area contributed by atoms with Gasteiger partial charge in [-0.15, -0.1) is 0 Å². The summed E-state index contributed by atoms with van der Waals surface area (Å²) >= 11 is 6.26. The second kappa shape index (κ2) is 7.32. The molecule has 0 radical (unpaired) electrons. The number of nitrogens with one attached hydrogen (secondary N) is 1. The molecule has 0 spiro atoms. The highest BCUT2D eigenvalue weighted by Crippen LogP contribution is 2.37. The first-order valence-corrected chi connectivity index (χ1v) is 8.59. The van der Waals surface area contributed by atoms with E-state index < -0.39 is 17.7 Å². The lowest BCUT2D eigenvalue weighted by Gasteiger charge is -2.29. The Morgan fingerprint density at radius 3 is 2.30 bits per heavy atom. The van der Waals surface area contributed by atoms with E-state index in [0.29, 0.717) is 22.2 Å². The molecule has 2 aromatic carbocycles. The predicted octanol–water partition coefficient (Wildman–Crippen LogP) is 4.57. The molecule has 0 bridgehead atoms. The summed E-state index contributed by atoms with van der Waals surface area (Å²) in [4.78, 5) is 24.1. The van der Waals surface area contributed by atoms with E-state index in [1.807, 2.05) is 31.2 Å². The van der Waals surface area contributed by atoms with E-state index in [9.17, 15) is 9.59 Å². The first-order chi connectivity index (χ1) is 12.7. The van der Waals surface area contributed by atoms with Gasteiger partial charge < -0.3 is 19.5 Å². The molecule has 7 heteroatoms. The molecule has 0 atom stereocenters. The number of para-hydroxylation sites is 1. The number of aryl methyl sites for hydroxylation is 1. The van der Waals surface area contributed by atoms with Gasteiger partial charge in [0.1, 0.15) is 5.75 Å². The molecule has 0 amide bonds. The minimum atomic E-state index is -1.29. The molecule has 2 aromatic rings. The second-order valence-electron chi connectivity index (χ2n) is 6.41. The molecule has 1 fully saturated rings. The maximum atomic E-state index is 12.0. The Hall–Kier alpha value is -2.99. The molecule has 0 saturated carbocycles. The maximum Gasteiger partial charge on any atom is 0.350 e. The van der Waals surface area contributed by atoms with Gasteiger partial charge in [0.15, 0.2) is 11.3 Å². The lowest BCUT2D eigenvalue weighted by Crippen LogP contribution is -2.42. The van der Waals surface area contributed by atoms with E-state index in [1.54, 1.807) is 18.2 Å². The number of benzene rings is 2. The van der Waals surface area contributed by atoms with E-state index in [4.69, 9.17) is 25.8 Å². The summed E-state index contributed by atoms with van der Waals surface area (Å²) in [5.74, 6) is -1.87. The maximum absolute atomic E-state index is 12.0. The molecular weight excluding hydrogens is 370 g/mol. The highest BCUT2D eigenvalue weighted by Gasteiger charge is 2.39. The minimum absolute atomic E-state index is 0.254. The van der Waals surface area contributed by atoms with Crippen LogP contribution in [0.3, 0.4) is 0 Å². The molecule has 1 N–H and O–H groups in total. The topological polar surface area (TPSA) is 73.9 Å². The molecule has 1 heterocycles. The summed E-state index contributed by atoms with van der Waals surface area (Å²) in [6, 6.07) is 12.6. The van der Waals surface area contributed by atoms with Gasteiger partial charge in [0.05, 0.1) is 10.7 Å². The number of hydrogen-bond acceptors (Lipinski definition) is 6. The quantitative estimate of drug-likeness (QED) is 0.470. The molecule has 0 aliphatic carbocycles. The third-order valence-corrected chi connectivity index (χ3v) is 3.99. The Morgan fingerprint density at radius 1 is 1.04 bits per heavy atom. The number of hydrogen-bond donors (Lipinski definition) is 1. The fourth-order valence-corrected chi connectivity index (χ4v) is 2.59. The van der Waals surface area contributed by atoms with Crippen LogP contribution in [0.2, 0.25) is 5.02 Å². The van der Waals surface area contributed by atoms with Crippen LogP contribution in [0, 0.1) is 6.92 Å². The summed E-state index contributed by atoms with van der Waals surface area (Å²) in [6.45, 7) is 4.94. The van der Waals surface area contributed by atoms with Gasteiger partial charge in [-0.2, -0.15) is 0 Å². The van der Waals surface area contributed by atoms with Crippen molar-refractivity contribution in [2.75, 3.05) is 5.32 Å². The van der Waals surface area contributed by atoms with Gasteiger partial charge in [-0.3, -0.25) is 0 Å². The minimum Gasteiger partial charge on any atom is -0.454 e. The highest BCUT2D eigenvalue weighted by molar-refractivity contribution is 6.32. The number of ether oxygens (including phenoxy) is 3. The van der Waals surface area contributed by atoms with E-state index in [2.05, 4.69) is 5.32 Å². The van der Waals surface area contributed by atoms with Crippen LogP contribution in [0.1, 0.15) is 19.4 Å². The van der Waals surface area contributed by atoms with Gasteiger partial charge in [0.25, 0.3) is 5.79 Å². The van der Waals surface area contributed by atoms with Gasteiger partial charge >= 0.3 is 11.9 Å². The summed E-state index contributed by atoms with van der Waals surface area (Å²) < 4.78 is 16.0. The standard InChI is InChI=1S/C20H18ClNO5/c1-12-7-9-13(10-8-12)25-17-15(21)5-4-6-16(17)22-11-14-18(23)26-20(2,3)27-19(14)24/h4-11,22H,1-3H3. The number of rotatable bonds is 4. The van der Waals surface area contributed by atoms with Gasteiger partial charge in [-0.05, 0) is 31.2 Å². The monoisotopic (exact) mass is 387 g/mol. The van der Waals surface area contributed by atoms with Crippen LogP contribution in [0.15, 0.2) is 54.2 Å². The van der Waals surface area contributed by atoms with Gasteiger partial charge in [0.2, 0.25) is 0 Å². The fraction of sp³-hybridized carbons (Fsp3) is 0.200. The number of carbonyl (C=O) groups is 2. The fourth-order valence-electron chi connectivity index (χ4n) is 2.38. The Bertz CT molecular complexity index is 896. The van der Waals surface area contributed by atoms with Crippen LogP contribution in [-0.4, -0.2) is 17.7 Å². The highest BCUT2D eigenvalue weighted by atomic mass is 35.5. The van der Waals surface area contributed by atoms with Gasteiger partial charge in [0, 0.05) is 20.0 Å². The van der Waals surface area contributed by atoms with Crippen molar-refractivity contribution in [3.8, 4) is 11.5 Å². The van der Waals surface area contributed by atoms with Gasteiger partial charge in [-0.25, -0.2) is 9.59 Å². The molecular formula is C20H18ClNO5. The third-order valence-electron chi connectivity index (χ3n) is 3.70.